The molecule has 3 heteroatoms. The molecule has 21 heavy (non-hydrogen) atoms. The molecule has 3 N–H and O–H groups in total. The average molecular weight is 288 g/mol. The first kappa shape index (κ1) is 16.0. The Morgan fingerprint density at radius 3 is 2.33 bits per heavy atom. The van der Waals surface area contributed by atoms with Crippen molar-refractivity contribution in [3.8, 4) is 0 Å². The van der Waals surface area contributed by atoms with Gasteiger partial charge in [0.05, 0.1) is 0 Å². The maximum absolute atomic E-state index is 12.5. The zero-order chi connectivity index (χ0) is 14.9. The number of carbonyl (C=O) groups excluding carboxylic acids is 1. The van der Waals surface area contributed by atoms with E-state index in [1.807, 2.05) is 18.2 Å². The third-order valence-corrected chi connectivity index (χ3v) is 4.43. The highest BCUT2D eigenvalue weighted by Crippen LogP contribution is 2.22. The molecule has 0 aliphatic heterocycles. The Balaban J connectivity index is 1.86. The molecule has 2 rings (SSSR count). The Morgan fingerprint density at radius 2 is 1.71 bits per heavy atom. The Kier molecular flexibility index (Phi) is 6.74. The molecule has 0 aromatic heterocycles. The maximum Gasteiger partial charge on any atom is 0.223 e. The first-order chi connectivity index (χ1) is 10.3. The van der Waals surface area contributed by atoms with Crippen LogP contribution >= 0.6 is 0 Å². The summed E-state index contributed by atoms with van der Waals surface area (Å²) in [6, 6.07) is 10.3. The summed E-state index contributed by atoms with van der Waals surface area (Å²) in [4.78, 5) is 12.5. The van der Waals surface area contributed by atoms with E-state index in [0.717, 1.165) is 19.3 Å². The zero-order valence-corrected chi connectivity index (χ0v) is 12.9. The van der Waals surface area contributed by atoms with E-state index in [2.05, 4.69) is 17.4 Å². The van der Waals surface area contributed by atoms with Crippen LogP contribution in [0.25, 0.3) is 0 Å². The molecule has 0 radical (unpaired) electrons. The van der Waals surface area contributed by atoms with Crippen LogP contribution in [-0.4, -0.2) is 18.5 Å². The number of nitrogens with one attached hydrogen (secondary N) is 1. The Morgan fingerprint density at radius 1 is 1.10 bits per heavy atom. The van der Waals surface area contributed by atoms with Crippen molar-refractivity contribution in [2.75, 3.05) is 6.54 Å². The molecule has 0 bridgehead atoms. The van der Waals surface area contributed by atoms with Crippen LogP contribution in [0.3, 0.4) is 0 Å². The zero-order valence-electron chi connectivity index (χ0n) is 12.9. The smallest absolute Gasteiger partial charge is 0.223 e. The summed E-state index contributed by atoms with van der Waals surface area (Å²) in [5, 5.41) is 3.17. The Hall–Kier alpha value is -1.35. The Bertz CT molecular complexity index is 410. The highest BCUT2D eigenvalue weighted by Gasteiger charge is 2.21. The number of carbonyl (C=O) groups is 1. The van der Waals surface area contributed by atoms with E-state index in [-0.39, 0.29) is 17.9 Å². The molecule has 1 atom stereocenters. The molecule has 0 spiro atoms. The van der Waals surface area contributed by atoms with Crippen LogP contribution in [0, 0.1) is 5.92 Å². The number of amides is 1. The van der Waals surface area contributed by atoms with E-state index in [9.17, 15) is 4.79 Å². The van der Waals surface area contributed by atoms with Crippen LogP contribution < -0.4 is 11.1 Å². The maximum atomic E-state index is 12.5. The van der Waals surface area contributed by atoms with Gasteiger partial charge in [-0.1, -0.05) is 62.4 Å². The lowest BCUT2D eigenvalue weighted by Gasteiger charge is -2.23. The summed E-state index contributed by atoms with van der Waals surface area (Å²) in [6.07, 6.45) is 9.13. The van der Waals surface area contributed by atoms with E-state index in [1.54, 1.807) is 0 Å². The molecular formula is C18H28N2O. The van der Waals surface area contributed by atoms with Crippen molar-refractivity contribution in [1.82, 2.24) is 5.32 Å². The second kappa shape index (κ2) is 8.83. The second-order valence-corrected chi connectivity index (χ2v) is 6.17. The number of nitrogens with two attached hydrogens (primary N) is 1. The largest absolute Gasteiger partial charge is 0.352 e. The van der Waals surface area contributed by atoms with Gasteiger partial charge in [0.1, 0.15) is 0 Å². The number of hydrogen-bond acceptors (Lipinski definition) is 2. The van der Waals surface area contributed by atoms with Crippen LogP contribution in [0.4, 0.5) is 0 Å². The fourth-order valence-electron chi connectivity index (χ4n) is 3.13. The number of hydrogen-bond donors (Lipinski definition) is 2. The van der Waals surface area contributed by atoms with Gasteiger partial charge >= 0.3 is 0 Å². The van der Waals surface area contributed by atoms with Gasteiger partial charge in [-0.3, -0.25) is 4.79 Å². The lowest BCUT2D eigenvalue weighted by Crippen LogP contribution is -2.44. The third-order valence-electron chi connectivity index (χ3n) is 4.43. The van der Waals surface area contributed by atoms with Gasteiger partial charge in [0.15, 0.2) is 0 Å². The second-order valence-electron chi connectivity index (χ2n) is 6.17. The van der Waals surface area contributed by atoms with Gasteiger partial charge in [-0.15, -0.1) is 0 Å². The monoisotopic (exact) mass is 288 g/mol. The molecule has 1 fully saturated rings. The lowest BCUT2D eigenvalue weighted by molar-refractivity contribution is -0.126. The molecule has 0 saturated heterocycles. The normalized spacial score (nSPS) is 18.5. The van der Waals surface area contributed by atoms with Crippen LogP contribution in [0.15, 0.2) is 30.3 Å². The van der Waals surface area contributed by atoms with Crippen LogP contribution in [0.1, 0.15) is 50.5 Å². The topological polar surface area (TPSA) is 55.1 Å². The minimum absolute atomic E-state index is 0.0466. The van der Waals surface area contributed by atoms with E-state index in [0.29, 0.717) is 6.54 Å². The van der Waals surface area contributed by atoms with Crippen molar-refractivity contribution in [1.29, 1.82) is 0 Å². The predicted octanol–water partition coefficient (Wildman–Crippen LogP) is 3.03. The van der Waals surface area contributed by atoms with Crippen molar-refractivity contribution in [2.45, 2.75) is 57.4 Å². The van der Waals surface area contributed by atoms with E-state index < -0.39 is 0 Å². The molecule has 1 amide bonds. The highest BCUT2D eigenvalue weighted by molar-refractivity contribution is 5.79. The molecule has 1 aromatic carbocycles. The molecule has 1 unspecified atom stereocenters. The van der Waals surface area contributed by atoms with E-state index in [1.165, 1.54) is 37.7 Å². The predicted molar refractivity (Wildman–Crippen MR) is 86.9 cm³/mol. The molecule has 3 nitrogen and oxygen atoms in total. The molecule has 1 aliphatic carbocycles. The van der Waals surface area contributed by atoms with Gasteiger partial charge in [0.2, 0.25) is 5.91 Å². The third kappa shape index (κ3) is 5.50. The van der Waals surface area contributed by atoms with Crippen molar-refractivity contribution >= 4 is 5.91 Å². The summed E-state index contributed by atoms with van der Waals surface area (Å²) in [5.41, 5.74) is 7.07. The summed E-state index contributed by atoms with van der Waals surface area (Å²) in [6.45, 7) is 0.493. The SMILES string of the molecule is NCC(Cc1ccccc1)NC(=O)C1CCCCCCC1. The molecule has 1 aromatic rings. The first-order valence-electron chi connectivity index (χ1n) is 8.34. The van der Waals surface area contributed by atoms with Gasteiger partial charge in [-0.05, 0) is 24.8 Å². The van der Waals surface area contributed by atoms with Crippen molar-refractivity contribution in [3.05, 3.63) is 35.9 Å². The summed E-state index contributed by atoms with van der Waals surface area (Å²) in [7, 11) is 0. The van der Waals surface area contributed by atoms with E-state index >= 15 is 0 Å². The van der Waals surface area contributed by atoms with Crippen molar-refractivity contribution in [2.24, 2.45) is 11.7 Å². The summed E-state index contributed by atoms with van der Waals surface area (Å²) < 4.78 is 0. The van der Waals surface area contributed by atoms with Gasteiger partial charge in [-0.2, -0.15) is 0 Å². The minimum Gasteiger partial charge on any atom is -0.352 e. The summed E-state index contributed by atoms with van der Waals surface area (Å²) >= 11 is 0. The molecule has 116 valence electrons. The van der Waals surface area contributed by atoms with E-state index in [4.69, 9.17) is 5.73 Å². The van der Waals surface area contributed by atoms with Gasteiger partial charge in [-0.25, -0.2) is 0 Å². The number of benzene rings is 1. The Labute approximate surface area is 128 Å². The summed E-state index contributed by atoms with van der Waals surface area (Å²) in [5.74, 6) is 0.401. The van der Waals surface area contributed by atoms with Crippen LogP contribution in [0.2, 0.25) is 0 Å². The fraction of sp³-hybridized carbons (Fsp3) is 0.611. The fourth-order valence-corrected chi connectivity index (χ4v) is 3.13. The molecule has 1 aliphatic rings. The first-order valence-corrected chi connectivity index (χ1v) is 8.34. The van der Waals surface area contributed by atoms with Crippen LogP contribution in [-0.2, 0) is 11.2 Å². The average Bonchev–Trinajstić information content (AvgIpc) is 2.47. The molecule has 1 saturated carbocycles. The van der Waals surface area contributed by atoms with Gasteiger partial charge in [0.25, 0.3) is 0 Å². The van der Waals surface area contributed by atoms with Crippen LogP contribution in [0.5, 0.6) is 0 Å². The van der Waals surface area contributed by atoms with Crippen molar-refractivity contribution < 1.29 is 4.79 Å². The standard InChI is InChI=1S/C18H28N2O/c19-14-17(13-15-9-5-4-6-10-15)20-18(21)16-11-7-2-1-3-8-12-16/h4-6,9-10,16-17H,1-3,7-8,11-14,19H2,(H,20,21). The van der Waals surface area contributed by atoms with Gasteiger partial charge in [0, 0.05) is 18.5 Å². The minimum atomic E-state index is 0.0466. The lowest BCUT2D eigenvalue weighted by atomic mass is 9.90. The number of rotatable bonds is 5. The van der Waals surface area contributed by atoms with Gasteiger partial charge < -0.3 is 11.1 Å². The van der Waals surface area contributed by atoms with Crippen molar-refractivity contribution in [3.63, 3.8) is 0 Å². The molecule has 0 heterocycles. The molecular weight excluding hydrogens is 260 g/mol. The highest BCUT2D eigenvalue weighted by atomic mass is 16.1. The quantitative estimate of drug-likeness (QED) is 0.875.